The smallest absolute Gasteiger partial charge is 0.126 e. The van der Waals surface area contributed by atoms with Crippen molar-refractivity contribution in [1.29, 1.82) is 0 Å². The molecule has 0 radical (unpaired) electrons. The largest absolute Gasteiger partial charge is 0.508 e. The Kier molecular flexibility index (Phi) is 23.0. The van der Waals surface area contributed by atoms with Crippen LogP contribution in [0.25, 0.3) is 0 Å². The van der Waals surface area contributed by atoms with Crippen molar-refractivity contribution >= 4 is 12.0 Å². The third kappa shape index (κ3) is 18.9. The number of hydrogen-bond acceptors (Lipinski definition) is 9. The highest BCUT2D eigenvalue weighted by atomic mass is 32.2. The minimum Gasteiger partial charge on any atom is -0.508 e. The number of phenolic OH excluding ortho intramolecular Hbond substituents is 1. The summed E-state index contributed by atoms with van der Waals surface area (Å²) < 4.78 is 57.7. The monoisotopic (exact) mass is 1500 g/mol. The van der Waals surface area contributed by atoms with Gasteiger partial charge in [-0.3, -0.25) is 0 Å². The molecule has 2 aliphatic rings. The standard InChI is InChI=1S/C102H114O8S/c1-97(2,3)83-45-69-39-70-46-84(98(4,5)6)50-74(91(70)106-60-66-33-25-20-26-34-66)42-79-55-88(102(16,17)18)56-80-44-76-52-86(100(10,11)12)48-72(93(76)108-62-68-37-29-22-30-38-68)40-71-47-85(99(7,8)9)51-75(92(71)107-61-67-35-27-21-28-36-67)43-78-54-87(101(13,14)15)53-77(41-73(49-83)90(69)105-59-65-31-23-19-24-32-65)94(78)109-63-81-57-89(103)58-82(96(81)111-104)64-110-95(79)80/h19-38,45-58,103-104H,39-44,59-64H2,1-18H3. The Bertz CT molecular complexity index is 4560. The molecule has 9 heteroatoms. The van der Waals surface area contributed by atoms with E-state index < -0.39 is 0 Å². The summed E-state index contributed by atoms with van der Waals surface area (Å²) >= 11 is 0.656. The molecule has 2 heterocycles. The molecule has 2 aliphatic heterocycles. The molecular formula is C102H114O8S. The molecule has 0 saturated heterocycles. The summed E-state index contributed by atoms with van der Waals surface area (Å²) in [6, 6.07) is 74.0. The Balaban J connectivity index is 1.22. The molecule has 0 aliphatic carbocycles. The number of rotatable bonds is 13. The van der Waals surface area contributed by atoms with Gasteiger partial charge in [-0.2, -0.15) is 0 Å². The van der Waals surface area contributed by atoms with E-state index in [2.05, 4.69) is 319 Å². The van der Waals surface area contributed by atoms with Crippen LogP contribution in [-0.4, -0.2) is 9.66 Å². The molecule has 11 aromatic rings. The fourth-order valence-corrected chi connectivity index (χ4v) is 15.8. The van der Waals surface area contributed by atoms with E-state index >= 15 is 0 Å². The van der Waals surface area contributed by atoms with Crippen molar-refractivity contribution in [3.63, 3.8) is 0 Å². The van der Waals surface area contributed by atoms with Crippen molar-refractivity contribution in [3.05, 3.63) is 340 Å². The Labute approximate surface area is 666 Å². The van der Waals surface area contributed by atoms with Crippen molar-refractivity contribution in [3.8, 4) is 40.2 Å². The van der Waals surface area contributed by atoms with Gasteiger partial charge in [0.25, 0.3) is 0 Å². The number of fused-ring (bicyclic) bond motifs is 10. The first-order valence-corrected chi connectivity index (χ1v) is 40.4. The lowest BCUT2D eigenvalue weighted by Crippen LogP contribution is -2.18. The van der Waals surface area contributed by atoms with Crippen LogP contribution >= 0.6 is 12.0 Å². The SMILES string of the molecule is CC(C)(C)c1cc2c(OCc3ccccc3)c(c1)Cc1cc(C(C)(C)C)cc3c1OCc1cc(O)cc(c1SO)COc1c(cc(C(C)(C)C)cc1Cc1cc(C(C)(C)C)cc(c1OCc1ccccc1)Cc1cc(C(C)(C)C)cc(c1OCc1ccccc1)C3)Cc1cc(C(C)(C)C)cc(c1OCc1ccccc1)C2. The van der Waals surface area contributed by atoms with Gasteiger partial charge >= 0.3 is 0 Å². The Morgan fingerprint density at radius 1 is 0.270 bits per heavy atom. The minimum absolute atomic E-state index is 0.00173. The van der Waals surface area contributed by atoms with E-state index in [-0.39, 0.29) is 51.5 Å². The fourth-order valence-electron chi connectivity index (χ4n) is 15.3. The second-order valence-corrected chi connectivity index (χ2v) is 37.8. The first-order valence-electron chi connectivity index (χ1n) is 39.7. The molecule has 0 amide bonds. The molecule has 0 saturated carbocycles. The molecule has 0 atom stereocenters. The van der Waals surface area contributed by atoms with E-state index in [1.807, 2.05) is 0 Å². The van der Waals surface area contributed by atoms with Crippen molar-refractivity contribution in [2.24, 2.45) is 0 Å². The van der Waals surface area contributed by atoms with E-state index in [1.54, 1.807) is 12.1 Å². The van der Waals surface area contributed by atoms with Crippen LogP contribution in [0.3, 0.4) is 0 Å². The highest BCUT2D eigenvalue weighted by Gasteiger charge is 2.33. The first kappa shape index (κ1) is 79.4. The zero-order valence-corrected chi connectivity index (χ0v) is 69.7. The topological polar surface area (TPSA) is 95.8 Å². The van der Waals surface area contributed by atoms with Crippen molar-refractivity contribution in [1.82, 2.24) is 0 Å². The first-order chi connectivity index (χ1) is 52.6. The molecule has 576 valence electrons. The van der Waals surface area contributed by atoms with Crippen LogP contribution in [-0.2, 0) is 111 Å². The minimum atomic E-state index is -0.348. The van der Waals surface area contributed by atoms with Gasteiger partial charge in [0.15, 0.2) is 0 Å². The van der Waals surface area contributed by atoms with Gasteiger partial charge in [-0.1, -0.05) is 319 Å². The molecule has 11 aromatic carbocycles. The molecule has 0 aromatic heterocycles. The molecule has 0 unspecified atom stereocenters. The van der Waals surface area contributed by atoms with Gasteiger partial charge in [0.05, 0.1) is 0 Å². The molecule has 12 bridgehead atoms. The lowest BCUT2D eigenvalue weighted by Gasteiger charge is -2.29. The van der Waals surface area contributed by atoms with E-state index in [1.165, 1.54) is 22.3 Å². The van der Waals surface area contributed by atoms with Crippen LogP contribution < -0.4 is 28.4 Å². The molecule has 111 heavy (non-hydrogen) atoms. The van der Waals surface area contributed by atoms with Crippen LogP contribution in [0, 0.1) is 0 Å². The number of aromatic hydroxyl groups is 1. The van der Waals surface area contributed by atoms with Crippen LogP contribution in [0.5, 0.6) is 40.2 Å². The van der Waals surface area contributed by atoms with Crippen molar-refractivity contribution in [2.75, 3.05) is 0 Å². The highest BCUT2D eigenvalue weighted by molar-refractivity contribution is 7.93. The van der Waals surface area contributed by atoms with Gasteiger partial charge in [-0.25, -0.2) is 0 Å². The Hall–Kier alpha value is -9.67. The Morgan fingerprint density at radius 2 is 0.459 bits per heavy atom. The third-order valence-electron chi connectivity index (χ3n) is 21.9. The number of ether oxygens (including phenoxy) is 6. The molecule has 0 fully saturated rings. The van der Waals surface area contributed by atoms with Gasteiger partial charge in [-0.15, -0.1) is 0 Å². The number of phenols is 1. The summed E-state index contributed by atoms with van der Waals surface area (Å²) in [5, 5.41) is 12.3. The molecule has 13 rings (SSSR count). The summed E-state index contributed by atoms with van der Waals surface area (Å²) in [5.41, 5.74) is 22.5. The zero-order valence-electron chi connectivity index (χ0n) is 68.9. The molecule has 8 nitrogen and oxygen atoms in total. The summed E-state index contributed by atoms with van der Waals surface area (Å²) in [6.45, 7) is 42.7. The number of hydrogen-bond donors (Lipinski definition) is 2. The van der Waals surface area contributed by atoms with Crippen LogP contribution in [0.1, 0.15) is 258 Å². The maximum Gasteiger partial charge on any atom is 0.126 e. The maximum absolute atomic E-state index is 12.3. The van der Waals surface area contributed by atoms with Crippen LogP contribution in [0.15, 0.2) is 211 Å². The quantitative estimate of drug-likeness (QED) is 0.109. The van der Waals surface area contributed by atoms with Crippen molar-refractivity contribution < 1.29 is 38.1 Å². The van der Waals surface area contributed by atoms with E-state index in [4.69, 9.17) is 28.4 Å². The average molecular weight is 1500 g/mol. The van der Waals surface area contributed by atoms with Gasteiger partial charge in [0.2, 0.25) is 0 Å². The second-order valence-electron chi connectivity index (χ2n) is 37.2. The van der Waals surface area contributed by atoms with Crippen LogP contribution in [0.4, 0.5) is 0 Å². The fraction of sp³-hybridized carbons (Fsp3) is 0.353. The predicted molar refractivity (Wildman–Crippen MR) is 456 cm³/mol. The zero-order chi connectivity index (χ0) is 79.0. The van der Waals surface area contributed by atoms with Gasteiger partial charge < -0.3 is 38.1 Å². The molecule has 0 spiro atoms. The summed E-state index contributed by atoms with van der Waals surface area (Å²) in [5.74, 6) is 4.64. The Morgan fingerprint density at radius 3 is 0.649 bits per heavy atom. The van der Waals surface area contributed by atoms with Gasteiger partial charge in [0.1, 0.15) is 79.9 Å². The molecular weight excluding hydrogens is 1390 g/mol. The summed E-state index contributed by atoms with van der Waals surface area (Å²) in [6.07, 6.45) is 2.61. The number of benzene rings is 11. The molecule has 2 N–H and O–H groups in total. The second kappa shape index (κ2) is 32.2. The summed E-state index contributed by atoms with van der Waals surface area (Å²) in [7, 11) is 0. The maximum atomic E-state index is 12.3. The van der Waals surface area contributed by atoms with E-state index in [9.17, 15) is 9.66 Å². The lowest BCUT2D eigenvalue weighted by molar-refractivity contribution is 0.284. The van der Waals surface area contributed by atoms with Crippen molar-refractivity contribution in [2.45, 2.75) is 240 Å². The normalized spacial score (nSPS) is 13.6. The van der Waals surface area contributed by atoms with Gasteiger partial charge in [-0.05, 0) is 167 Å². The highest BCUT2D eigenvalue weighted by Crippen LogP contribution is 2.48. The third-order valence-corrected chi connectivity index (χ3v) is 22.6. The van der Waals surface area contributed by atoms with E-state index in [0.717, 1.165) is 123 Å². The lowest BCUT2D eigenvalue weighted by atomic mass is 9.79. The summed E-state index contributed by atoms with van der Waals surface area (Å²) in [4.78, 5) is 0.539. The van der Waals surface area contributed by atoms with Crippen LogP contribution in [0.2, 0.25) is 0 Å². The van der Waals surface area contributed by atoms with E-state index in [0.29, 0.717) is 105 Å². The average Bonchev–Trinajstić information content (AvgIpc) is 0.766. The predicted octanol–water partition coefficient (Wildman–Crippen LogP) is 25.4. The van der Waals surface area contributed by atoms with Gasteiger partial charge in [0, 0.05) is 66.6 Å².